The second kappa shape index (κ2) is 9.30. The molecule has 128 valence electrons. The molecule has 1 aromatic heterocycles. The summed E-state index contributed by atoms with van der Waals surface area (Å²) in [5.74, 6) is -0.117. The molecule has 3 N–H and O–H groups in total. The van der Waals surface area contributed by atoms with Crippen LogP contribution in [0.2, 0.25) is 0 Å². The molecule has 2 aromatic carbocycles. The maximum absolute atomic E-state index is 12.2. The van der Waals surface area contributed by atoms with Crippen LogP contribution < -0.4 is 16.0 Å². The minimum Gasteiger partial charge on any atom is -0.376 e. The largest absolute Gasteiger partial charge is 0.376 e. The lowest BCUT2D eigenvalue weighted by Gasteiger charge is -2.13. The number of halogens is 1. The number of carbonyl (C=O) groups excluding carboxylic acids is 1. The SMILES string of the molecule is Cl.O=C(CNc1ccncc1)Nc1ccccc1Nc1ccccc1. The van der Waals surface area contributed by atoms with E-state index < -0.39 is 0 Å². The Morgan fingerprint density at radius 1 is 0.800 bits per heavy atom. The molecule has 0 aliphatic carbocycles. The monoisotopic (exact) mass is 354 g/mol. The van der Waals surface area contributed by atoms with Crippen molar-refractivity contribution in [2.75, 3.05) is 22.5 Å². The highest BCUT2D eigenvalue weighted by Crippen LogP contribution is 2.25. The van der Waals surface area contributed by atoms with Crippen LogP contribution >= 0.6 is 12.4 Å². The van der Waals surface area contributed by atoms with E-state index >= 15 is 0 Å². The van der Waals surface area contributed by atoms with E-state index in [0.717, 1.165) is 22.7 Å². The highest BCUT2D eigenvalue weighted by atomic mass is 35.5. The number of nitrogens with zero attached hydrogens (tertiary/aromatic N) is 1. The van der Waals surface area contributed by atoms with Gasteiger partial charge < -0.3 is 16.0 Å². The molecule has 1 heterocycles. The van der Waals surface area contributed by atoms with Gasteiger partial charge in [-0.25, -0.2) is 0 Å². The first-order valence-corrected chi connectivity index (χ1v) is 7.66. The summed E-state index contributed by atoms with van der Waals surface area (Å²) in [6.45, 7) is 0.184. The maximum Gasteiger partial charge on any atom is 0.243 e. The number of nitrogens with one attached hydrogen (secondary N) is 3. The van der Waals surface area contributed by atoms with Crippen LogP contribution in [0.4, 0.5) is 22.7 Å². The van der Waals surface area contributed by atoms with E-state index in [2.05, 4.69) is 20.9 Å². The van der Waals surface area contributed by atoms with Gasteiger partial charge in [-0.2, -0.15) is 0 Å². The van der Waals surface area contributed by atoms with Gasteiger partial charge in [0.2, 0.25) is 5.91 Å². The van der Waals surface area contributed by atoms with Crippen molar-refractivity contribution in [2.24, 2.45) is 0 Å². The van der Waals surface area contributed by atoms with Crippen LogP contribution in [0.5, 0.6) is 0 Å². The zero-order valence-corrected chi connectivity index (χ0v) is 14.3. The van der Waals surface area contributed by atoms with Crippen molar-refractivity contribution in [1.29, 1.82) is 0 Å². The second-order valence-electron chi connectivity index (χ2n) is 5.17. The van der Waals surface area contributed by atoms with Crippen molar-refractivity contribution >= 4 is 41.1 Å². The fraction of sp³-hybridized carbons (Fsp3) is 0.0526. The first-order chi connectivity index (χ1) is 11.8. The molecular formula is C19H19ClN4O. The standard InChI is InChI=1S/C19H18N4O.ClH/c24-19(14-21-15-10-12-20-13-11-15)23-18-9-5-4-8-17(18)22-16-6-2-1-3-7-16;/h1-13,22H,14H2,(H,20,21)(H,23,24);1H. The van der Waals surface area contributed by atoms with Gasteiger partial charge in [0.05, 0.1) is 17.9 Å². The number of hydrogen-bond donors (Lipinski definition) is 3. The van der Waals surface area contributed by atoms with Gasteiger partial charge in [0, 0.05) is 23.8 Å². The molecule has 25 heavy (non-hydrogen) atoms. The molecule has 0 saturated heterocycles. The Bertz CT molecular complexity index is 797. The third-order valence-corrected chi connectivity index (χ3v) is 3.39. The van der Waals surface area contributed by atoms with Gasteiger partial charge in [0.25, 0.3) is 0 Å². The Morgan fingerprint density at radius 2 is 1.44 bits per heavy atom. The van der Waals surface area contributed by atoms with Crippen LogP contribution in [-0.4, -0.2) is 17.4 Å². The highest BCUT2D eigenvalue weighted by molar-refractivity contribution is 5.97. The molecule has 0 aliphatic heterocycles. The Hall–Kier alpha value is -3.05. The summed E-state index contributed by atoms with van der Waals surface area (Å²) in [6, 6.07) is 21.1. The van der Waals surface area contributed by atoms with Crippen LogP contribution in [0.3, 0.4) is 0 Å². The second-order valence-corrected chi connectivity index (χ2v) is 5.17. The van der Waals surface area contributed by atoms with E-state index in [1.165, 1.54) is 0 Å². The van der Waals surface area contributed by atoms with Gasteiger partial charge in [-0.1, -0.05) is 30.3 Å². The molecule has 0 spiro atoms. The summed E-state index contributed by atoms with van der Waals surface area (Å²) >= 11 is 0. The van der Waals surface area contributed by atoms with Crippen LogP contribution in [-0.2, 0) is 4.79 Å². The normalized spacial score (nSPS) is 9.60. The van der Waals surface area contributed by atoms with Crippen molar-refractivity contribution in [1.82, 2.24) is 4.98 Å². The Labute approximate surface area is 152 Å². The summed E-state index contributed by atoms with van der Waals surface area (Å²) in [6.07, 6.45) is 3.36. The molecule has 3 rings (SSSR count). The van der Waals surface area contributed by atoms with E-state index in [1.807, 2.05) is 66.7 Å². The summed E-state index contributed by atoms with van der Waals surface area (Å²) in [4.78, 5) is 16.1. The zero-order chi connectivity index (χ0) is 16.6. The lowest BCUT2D eigenvalue weighted by atomic mass is 10.2. The number of para-hydroxylation sites is 3. The molecule has 0 atom stereocenters. The first-order valence-electron chi connectivity index (χ1n) is 7.66. The number of carbonyl (C=O) groups is 1. The van der Waals surface area contributed by atoms with E-state index in [9.17, 15) is 4.79 Å². The fourth-order valence-electron chi connectivity index (χ4n) is 2.22. The molecule has 6 heteroatoms. The molecule has 5 nitrogen and oxygen atoms in total. The van der Waals surface area contributed by atoms with Crippen molar-refractivity contribution in [3.63, 3.8) is 0 Å². The predicted octanol–water partition coefficient (Wildman–Crippen LogP) is 4.30. The quantitative estimate of drug-likeness (QED) is 0.617. The number of benzene rings is 2. The number of pyridine rings is 1. The molecule has 0 aliphatic rings. The van der Waals surface area contributed by atoms with E-state index in [1.54, 1.807) is 12.4 Å². The van der Waals surface area contributed by atoms with Gasteiger partial charge in [-0.15, -0.1) is 12.4 Å². The van der Waals surface area contributed by atoms with Gasteiger partial charge in [0.1, 0.15) is 0 Å². The third-order valence-electron chi connectivity index (χ3n) is 3.39. The fourth-order valence-corrected chi connectivity index (χ4v) is 2.22. The minimum atomic E-state index is -0.117. The minimum absolute atomic E-state index is 0. The number of amides is 1. The summed E-state index contributed by atoms with van der Waals surface area (Å²) in [7, 11) is 0. The van der Waals surface area contributed by atoms with Crippen molar-refractivity contribution in [3.8, 4) is 0 Å². The molecule has 0 radical (unpaired) electrons. The number of rotatable bonds is 6. The van der Waals surface area contributed by atoms with Gasteiger partial charge in [0.15, 0.2) is 0 Å². The number of hydrogen-bond acceptors (Lipinski definition) is 4. The highest BCUT2D eigenvalue weighted by Gasteiger charge is 2.06. The molecule has 0 fully saturated rings. The maximum atomic E-state index is 12.2. The molecule has 0 saturated carbocycles. The van der Waals surface area contributed by atoms with Crippen LogP contribution in [0, 0.1) is 0 Å². The van der Waals surface area contributed by atoms with E-state index in [4.69, 9.17) is 0 Å². The lowest BCUT2D eigenvalue weighted by Crippen LogP contribution is -2.22. The van der Waals surface area contributed by atoms with Crippen LogP contribution in [0.15, 0.2) is 79.1 Å². The summed E-state index contributed by atoms with van der Waals surface area (Å²) in [5.41, 5.74) is 3.41. The van der Waals surface area contributed by atoms with Crippen molar-refractivity contribution in [2.45, 2.75) is 0 Å². The predicted molar refractivity (Wildman–Crippen MR) is 105 cm³/mol. The molecule has 3 aromatic rings. The van der Waals surface area contributed by atoms with Crippen LogP contribution in [0.25, 0.3) is 0 Å². The molecular weight excluding hydrogens is 336 g/mol. The molecule has 0 bridgehead atoms. The third kappa shape index (κ3) is 5.51. The first kappa shape index (κ1) is 18.3. The van der Waals surface area contributed by atoms with Gasteiger partial charge in [-0.3, -0.25) is 9.78 Å². The lowest BCUT2D eigenvalue weighted by molar-refractivity contribution is -0.114. The van der Waals surface area contributed by atoms with Crippen LogP contribution in [0.1, 0.15) is 0 Å². The van der Waals surface area contributed by atoms with Crippen molar-refractivity contribution in [3.05, 3.63) is 79.1 Å². The topological polar surface area (TPSA) is 66.0 Å². The zero-order valence-electron chi connectivity index (χ0n) is 13.5. The average molecular weight is 355 g/mol. The smallest absolute Gasteiger partial charge is 0.243 e. The van der Waals surface area contributed by atoms with E-state index in [-0.39, 0.29) is 24.9 Å². The van der Waals surface area contributed by atoms with Gasteiger partial charge >= 0.3 is 0 Å². The number of aromatic nitrogens is 1. The summed E-state index contributed by atoms with van der Waals surface area (Å²) in [5, 5.41) is 9.29. The van der Waals surface area contributed by atoms with Crippen molar-refractivity contribution < 1.29 is 4.79 Å². The Kier molecular flexibility index (Phi) is 6.80. The van der Waals surface area contributed by atoms with Gasteiger partial charge in [-0.05, 0) is 36.4 Å². The van der Waals surface area contributed by atoms with E-state index in [0.29, 0.717) is 0 Å². The average Bonchev–Trinajstić information content (AvgIpc) is 2.63. The Balaban J connectivity index is 0.00000225. The molecule has 0 unspecified atom stereocenters. The molecule has 1 amide bonds. The summed E-state index contributed by atoms with van der Waals surface area (Å²) < 4.78 is 0. The Morgan fingerprint density at radius 3 is 2.16 bits per heavy atom. The number of anilines is 4.